The first kappa shape index (κ1) is 18.1. The van der Waals surface area contributed by atoms with Crippen LogP contribution in [0.15, 0.2) is 42.6 Å². The molecule has 134 valence electrons. The summed E-state index contributed by atoms with van der Waals surface area (Å²) in [6.07, 6.45) is 1.74. The molecule has 0 fully saturated rings. The SMILES string of the molecule is Cc1nc2nccc(C)c2cc1C(=O)NCc1ccc(C(C)(C)C)cc1. The Morgan fingerprint density at radius 1 is 1.08 bits per heavy atom. The van der Waals surface area contributed by atoms with Gasteiger partial charge in [-0.15, -0.1) is 0 Å². The standard InChI is InChI=1S/C22H25N3O/c1-14-10-11-23-20-18(14)12-19(15(2)25-20)21(26)24-13-16-6-8-17(9-7-16)22(3,4)5/h6-12H,13H2,1-5H3,(H,24,26). The number of rotatable bonds is 3. The Hall–Kier alpha value is -2.75. The largest absolute Gasteiger partial charge is 0.348 e. The first-order valence-corrected chi connectivity index (χ1v) is 8.86. The molecule has 2 heterocycles. The highest BCUT2D eigenvalue weighted by molar-refractivity contribution is 5.98. The number of amides is 1. The van der Waals surface area contributed by atoms with Crippen LogP contribution in [-0.4, -0.2) is 15.9 Å². The Morgan fingerprint density at radius 3 is 2.42 bits per heavy atom. The maximum atomic E-state index is 12.6. The third-order valence-electron chi connectivity index (χ3n) is 4.66. The molecule has 4 heteroatoms. The zero-order valence-electron chi connectivity index (χ0n) is 16.1. The average molecular weight is 347 g/mol. The smallest absolute Gasteiger partial charge is 0.253 e. The van der Waals surface area contributed by atoms with Crippen molar-refractivity contribution in [3.63, 3.8) is 0 Å². The summed E-state index contributed by atoms with van der Waals surface area (Å²) in [4.78, 5) is 21.4. The normalized spacial score (nSPS) is 11.6. The molecule has 0 aliphatic rings. The molecule has 0 atom stereocenters. The minimum atomic E-state index is -0.111. The molecule has 3 rings (SSSR count). The molecule has 0 spiro atoms. The lowest BCUT2D eigenvalue weighted by atomic mass is 9.87. The molecule has 1 aromatic carbocycles. The third kappa shape index (κ3) is 3.74. The van der Waals surface area contributed by atoms with Crippen LogP contribution in [0.1, 0.15) is 53.5 Å². The second-order valence-electron chi connectivity index (χ2n) is 7.75. The molecule has 0 aliphatic heterocycles. The molecule has 0 saturated carbocycles. The summed E-state index contributed by atoms with van der Waals surface area (Å²) in [7, 11) is 0. The molecule has 1 amide bonds. The summed E-state index contributed by atoms with van der Waals surface area (Å²) >= 11 is 0. The van der Waals surface area contributed by atoms with E-state index in [1.54, 1.807) is 6.20 Å². The maximum absolute atomic E-state index is 12.6. The number of nitrogens with one attached hydrogen (secondary N) is 1. The van der Waals surface area contributed by atoms with Gasteiger partial charge in [-0.05, 0) is 48.1 Å². The number of pyridine rings is 2. The number of fused-ring (bicyclic) bond motifs is 1. The van der Waals surface area contributed by atoms with E-state index in [0.29, 0.717) is 23.4 Å². The van der Waals surface area contributed by atoms with E-state index in [4.69, 9.17) is 0 Å². The Balaban J connectivity index is 1.77. The number of benzene rings is 1. The summed E-state index contributed by atoms with van der Waals surface area (Å²) in [5.41, 5.74) is 5.52. The van der Waals surface area contributed by atoms with Gasteiger partial charge in [0.15, 0.2) is 5.65 Å². The second-order valence-corrected chi connectivity index (χ2v) is 7.75. The van der Waals surface area contributed by atoms with Gasteiger partial charge in [-0.25, -0.2) is 9.97 Å². The van der Waals surface area contributed by atoms with Crippen molar-refractivity contribution in [1.29, 1.82) is 0 Å². The van der Waals surface area contributed by atoms with E-state index >= 15 is 0 Å². The fourth-order valence-electron chi connectivity index (χ4n) is 2.92. The molecule has 0 bridgehead atoms. The number of carbonyl (C=O) groups excluding carboxylic acids is 1. The number of aromatic nitrogens is 2. The lowest BCUT2D eigenvalue weighted by Gasteiger charge is -2.19. The van der Waals surface area contributed by atoms with Gasteiger partial charge in [0.2, 0.25) is 0 Å². The lowest BCUT2D eigenvalue weighted by molar-refractivity contribution is 0.0950. The van der Waals surface area contributed by atoms with E-state index in [-0.39, 0.29) is 11.3 Å². The molecule has 3 aromatic rings. The second kappa shape index (κ2) is 6.87. The molecular weight excluding hydrogens is 322 g/mol. The molecule has 0 radical (unpaired) electrons. The molecule has 26 heavy (non-hydrogen) atoms. The first-order valence-electron chi connectivity index (χ1n) is 8.86. The quantitative estimate of drug-likeness (QED) is 0.760. The van der Waals surface area contributed by atoms with Gasteiger partial charge in [0, 0.05) is 18.1 Å². The Bertz CT molecular complexity index is 954. The van der Waals surface area contributed by atoms with Crippen molar-refractivity contribution in [3.05, 3.63) is 70.5 Å². The van der Waals surface area contributed by atoms with E-state index < -0.39 is 0 Å². The average Bonchev–Trinajstić information content (AvgIpc) is 2.59. The summed E-state index contributed by atoms with van der Waals surface area (Å²) in [6, 6.07) is 12.2. The van der Waals surface area contributed by atoms with E-state index in [1.807, 2.05) is 26.0 Å². The molecule has 1 N–H and O–H groups in total. The fraction of sp³-hybridized carbons (Fsp3) is 0.318. The van der Waals surface area contributed by atoms with Gasteiger partial charge in [0.1, 0.15) is 0 Å². The van der Waals surface area contributed by atoms with E-state index in [1.165, 1.54) is 5.56 Å². The van der Waals surface area contributed by atoms with Crippen molar-refractivity contribution in [2.75, 3.05) is 0 Å². The van der Waals surface area contributed by atoms with Crippen molar-refractivity contribution in [1.82, 2.24) is 15.3 Å². The highest BCUT2D eigenvalue weighted by Gasteiger charge is 2.14. The van der Waals surface area contributed by atoms with Gasteiger partial charge >= 0.3 is 0 Å². The van der Waals surface area contributed by atoms with Crippen molar-refractivity contribution >= 4 is 16.9 Å². The van der Waals surface area contributed by atoms with Crippen molar-refractivity contribution in [2.24, 2.45) is 0 Å². The van der Waals surface area contributed by atoms with Gasteiger partial charge in [-0.2, -0.15) is 0 Å². The van der Waals surface area contributed by atoms with Crippen LogP contribution >= 0.6 is 0 Å². The van der Waals surface area contributed by atoms with Gasteiger partial charge in [-0.3, -0.25) is 4.79 Å². The van der Waals surface area contributed by atoms with Gasteiger partial charge in [0.25, 0.3) is 5.91 Å². The predicted octanol–water partition coefficient (Wildman–Crippen LogP) is 4.47. The van der Waals surface area contributed by atoms with Crippen LogP contribution in [0.3, 0.4) is 0 Å². The molecule has 2 aromatic heterocycles. The number of carbonyl (C=O) groups is 1. The number of hydrogen-bond donors (Lipinski definition) is 1. The number of aryl methyl sites for hydroxylation is 2. The van der Waals surface area contributed by atoms with Crippen LogP contribution in [-0.2, 0) is 12.0 Å². The zero-order chi connectivity index (χ0) is 18.9. The zero-order valence-corrected chi connectivity index (χ0v) is 16.1. The van der Waals surface area contributed by atoms with Crippen molar-refractivity contribution in [2.45, 2.75) is 46.6 Å². The van der Waals surface area contributed by atoms with Crippen LogP contribution in [0.25, 0.3) is 11.0 Å². The number of hydrogen-bond acceptors (Lipinski definition) is 3. The molecular formula is C22H25N3O. The predicted molar refractivity (Wildman–Crippen MR) is 105 cm³/mol. The van der Waals surface area contributed by atoms with Crippen LogP contribution in [0.5, 0.6) is 0 Å². The van der Waals surface area contributed by atoms with Gasteiger partial charge in [-0.1, -0.05) is 45.0 Å². The third-order valence-corrected chi connectivity index (χ3v) is 4.66. The topological polar surface area (TPSA) is 54.9 Å². The summed E-state index contributed by atoms with van der Waals surface area (Å²) in [5, 5.41) is 3.91. The molecule has 0 unspecified atom stereocenters. The molecule has 4 nitrogen and oxygen atoms in total. The minimum absolute atomic E-state index is 0.111. The monoisotopic (exact) mass is 347 g/mol. The molecule has 0 aliphatic carbocycles. The van der Waals surface area contributed by atoms with E-state index in [9.17, 15) is 4.79 Å². The summed E-state index contributed by atoms with van der Waals surface area (Å²) in [5.74, 6) is -0.111. The van der Waals surface area contributed by atoms with Crippen molar-refractivity contribution in [3.8, 4) is 0 Å². The van der Waals surface area contributed by atoms with Crippen LogP contribution in [0.4, 0.5) is 0 Å². The maximum Gasteiger partial charge on any atom is 0.253 e. The minimum Gasteiger partial charge on any atom is -0.348 e. The number of nitrogens with zero attached hydrogens (tertiary/aromatic N) is 2. The fourth-order valence-corrected chi connectivity index (χ4v) is 2.92. The Labute approximate surface area is 154 Å². The van der Waals surface area contributed by atoms with E-state index in [2.05, 4.69) is 60.3 Å². The highest BCUT2D eigenvalue weighted by atomic mass is 16.1. The summed E-state index contributed by atoms with van der Waals surface area (Å²) < 4.78 is 0. The van der Waals surface area contributed by atoms with Gasteiger partial charge < -0.3 is 5.32 Å². The summed E-state index contributed by atoms with van der Waals surface area (Å²) in [6.45, 7) is 10.9. The van der Waals surface area contributed by atoms with Crippen molar-refractivity contribution < 1.29 is 4.79 Å². The Morgan fingerprint density at radius 2 is 1.77 bits per heavy atom. The molecule has 0 saturated heterocycles. The Kier molecular flexibility index (Phi) is 4.77. The van der Waals surface area contributed by atoms with Crippen LogP contribution in [0.2, 0.25) is 0 Å². The first-order chi connectivity index (χ1) is 12.3. The van der Waals surface area contributed by atoms with Gasteiger partial charge in [0.05, 0.1) is 11.3 Å². The highest BCUT2D eigenvalue weighted by Crippen LogP contribution is 2.22. The van der Waals surface area contributed by atoms with Crippen LogP contribution < -0.4 is 5.32 Å². The van der Waals surface area contributed by atoms with Crippen LogP contribution in [0, 0.1) is 13.8 Å². The lowest BCUT2D eigenvalue weighted by Crippen LogP contribution is -2.24. The van der Waals surface area contributed by atoms with E-state index in [0.717, 1.165) is 16.5 Å².